The molecule has 0 fully saturated rings. The molecule has 45 heavy (non-hydrogen) atoms. The quantitative estimate of drug-likeness (QED) is 0.203. The van der Waals surface area contributed by atoms with Crippen LogP contribution in [0, 0.1) is 0 Å². The molecule has 2 aromatic heterocycles. The summed E-state index contributed by atoms with van der Waals surface area (Å²) in [7, 11) is 0. The average molecular weight is 578 g/mol. The van der Waals surface area contributed by atoms with Crippen LogP contribution in [0.25, 0.3) is 77.9 Å². The van der Waals surface area contributed by atoms with Crippen LogP contribution in [-0.4, -0.2) is 4.57 Å². The highest BCUT2D eigenvalue weighted by Crippen LogP contribution is 2.44. The highest BCUT2D eigenvalue weighted by Gasteiger charge is 2.23. The Morgan fingerprint density at radius 2 is 1.29 bits per heavy atom. The Balaban J connectivity index is 1.38. The number of benzene rings is 6. The maximum Gasteiger partial charge on any atom is 0.142 e. The highest BCUT2D eigenvalue weighted by atomic mass is 16.3. The van der Waals surface area contributed by atoms with Crippen LogP contribution in [0.1, 0.15) is 30.6 Å². The minimum atomic E-state index is 0.379. The first-order valence-corrected chi connectivity index (χ1v) is 15.8. The zero-order valence-electron chi connectivity index (χ0n) is 25.1. The maximum atomic E-state index is 6.66. The second-order valence-electron chi connectivity index (χ2n) is 12.2. The highest BCUT2D eigenvalue weighted by molar-refractivity contribution is 6.16. The largest absolute Gasteiger partial charge is 0.459 e. The van der Waals surface area contributed by atoms with Gasteiger partial charge in [-0.3, -0.25) is 0 Å². The third-order valence-electron chi connectivity index (χ3n) is 9.38. The molecule has 0 saturated carbocycles. The molecule has 1 aliphatic carbocycles. The Bertz CT molecular complexity index is 2390. The molecular weight excluding hydrogens is 546 g/mol. The van der Waals surface area contributed by atoms with Crippen LogP contribution in [-0.2, 0) is 0 Å². The predicted molar refractivity (Wildman–Crippen MR) is 189 cm³/mol. The summed E-state index contributed by atoms with van der Waals surface area (Å²) in [4.78, 5) is 0. The van der Waals surface area contributed by atoms with Crippen LogP contribution in [0.3, 0.4) is 0 Å². The van der Waals surface area contributed by atoms with E-state index in [2.05, 4.69) is 163 Å². The van der Waals surface area contributed by atoms with E-state index in [0.717, 1.165) is 34.6 Å². The van der Waals surface area contributed by atoms with Crippen molar-refractivity contribution in [3.8, 4) is 39.1 Å². The third kappa shape index (κ3) is 4.10. The molecule has 0 radical (unpaired) electrons. The lowest BCUT2D eigenvalue weighted by Crippen LogP contribution is -1.95. The summed E-state index contributed by atoms with van der Waals surface area (Å²) in [6, 6.07) is 50.5. The lowest BCUT2D eigenvalue weighted by Gasteiger charge is -2.13. The fourth-order valence-electron chi connectivity index (χ4n) is 7.21. The van der Waals surface area contributed by atoms with Gasteiger partial charge in [0, 0.05) is 44.5 Å². The van der Waals surface area contributed by atoms with Crippen LogP contribution in [0.4, 0.5) is 0 Å². The minimum Gasteiger partial charge on any atom is -0.459 e. The fourth-order valence-corrected chi connectivity index (χ4v) is 7.21. The Labute approximate surface area is 262 Å². The zero-order valence-corrected chi connectivity index (χ0v) is 25.1. The van der Waals surface area contributed by atoms with Gasteiger partial charge in [0.05, 0.1) is 11.0 Å². The van der Waals surface area contributed by atoms with Gasteiger partial charge in [0.1, 0.15) is 11.3 Å². The number of para-hydroxylation sites is 2. The number of hydrogen-bond donors (Lipinski definition) is 0. The number of allylic oxidation sites excluding steroid dienone is 1. The molecule has 2 heterocycles. The summed E-state index contributed by atoms with van der Waals surface area (Å²) < 4.78 is 9.09. The van der Waals surface area contributed by atoms with E-state index < -0.39 is 0 Å². The SMILES string of the molecule is CC1CC=Cc2c1oc1c(-c3ccc4c(c3)c3cc(-c5ccccc5)cc(-c5ccccc5)c3n4-c3ccccc3)cccc21. The van der Waals surface area contributed by atoms with Crippen molar-refractivity contribution in [2.75, 3.05) is 0 Å². The Morgan fingerprint density at radius 3 is 2.07 bits per heavy atom. The number of aromatic nitrogens is 1. The first kappa shape index (κ1) is 25.9. The van der Waals surface area contributed by atoms with Gasteiger partial charge in [0.25, 0.3) is 0 Å². The first-order valence-electron chi connectivity index (χ1n) is 15.8. The monoisotopic (exact) mass is 577 g/mol. The molecule has 1 unspecified atom stereocenters. The number of hydrogen-bond acceptors (Lipinski definition) is 1. The molecule has 9 rings (SSSR count). The van der Waals surface area contributed by atoms with Crippen molar-refractivity contribution >= 4 is 38.9 Å². The molecular formula is C43H31NO. The van der Waals surface area contributed by atoms with Gasteiger partial charge >= 0.3 is 0 Å². The molecule has 1 atom stereocenters. The number of nitrogens with zero attached hydrogens (tertiary/aromatic N) is 1. The van der Waals surface area contributed by atoms with E-state index in [1.54, 1.807) is 0 Å². The first-order chi connectivity index (χ1) is 22.2. The van der Waals surface area contributed by atoms with Crippen molar-refractivity contribution in [2.24, 2.45) is 0 Å². The Kier molecular flexibility index (Phi) is 5.89. The van der Waals surface area contributed by atoms with E-state index in [0.29, 0.717) is 5.92 Å². The lowest BCUT2D eigenvalue weighted by atomic mass is 9.93. The topological polar surface area (TPSA) is 18.1 Å². The summed E-state index contributed by atoms with van der Waals surface area (Å²) in [6.07, 6.45) is 5.52. The van der Waals surface area contributed by atoms with E-state index in [-0.39, 0.29) is 0 Å². The van der Waals surface area contributed by atoms with Gasteiger partial charge in [-0.2, -0.15) is 0 Å². The van der Waals surface area contributed by atoms with Crippen molar-refractivity contribution in [1.29, 1.82) is 0 Å². The summed E-state index contributed by atoms with van der Waals surface area (Å²) in [5.74, 6) is 1.48. The summed E-state index contributed by atoms with van der Waals surface area (Å²) in [5.41, 5.74) is 12.9. The van der Waals surface area contributed by atoms with E-state index in [9.17, 15) is 0 Å². The third-order valence-corrected chi connectivity index (χ3v) is 9.38. The molecule has 0 bridgehead atoms. The van der Waals surface area contributed by atoms with E-state index >= 15 is 0 Å². The number of rotatable bonds is 4. The molecule has 8 aromatic rings. The van der Waals surface area contributed by atoms with Gasteiger partial charge in [0.15, 0.2) is 0 Å². The standard InChI is InChI=1S/C43H31NO/c1-28-13-11-21-35-36-22-12-20-34(43(36)45-42(28)35)31-23-24-40-38(25-31)39-27-32(29-14-5-2-6-15-29)26-37(30-16-7-3-8-17-30)41(39)44(40)33-18-9-4-10-19-33/h2-12,14-28H,13H2,1H3. The Morgan fingerprint density at radius 1 is 0.578 bits per heavy atom. The van der Waals surface area contributed by atoms with Gasteiger partial charge in [-0.15, -0.1) is 0 Å². The molecule has 1 aliphatic rings. The van der Waals surface area contributed by atoms with Crippen LogP contribution in [0.2, 0.25) is 0 Å². The molecule has 0 N–H and O–H groups in total. The van der Waals surface area contributed by atoms with E-state index in [4.69, 9.17) is 4.42 Å². The van der Waals surface area contributed by atoms with Gasteiger partial charge in [-0.1, -0.05) is 122 Å². The van der Waals surface area contributed by atoms with Crippen molar-refractivity contribution < 1.29 is 4.42 Å². The van der Waals surface area contributed by atoms with Gasteiger partial charge in [0.2, 0.25) is 0 Å². The second-order valence-corrected chi connectivity index (χ2v) is 12.2. The van der Waals surface area contributed by atoms with Crippen molar-refractivity contribution in [3.05, 3.63) is 157 Å². The van der Waals surface area contributed by atoms with Crippen LogP contribution >= 0.6 is 0 Å². The van der Waals surface area contributed by atoms with Crippen molar-refractivity contribution in [3.63, 3.8) is 0 Å². The summed E-state index contributed by atoms with van der Waals surface area (Å²) >= 11 is 0. The molecule has 0 amide bonds. The van der Waals surface area contributed by atoms with Crippen molar-refractivity contribution in [1.82, 2.24) is 4.57 Å². The maximum absolute atomic E-state index is 6.66. The van der Waals surface area contributed by atoms with Crippen LogP contribution < -0.4 is 0 Å². The van der Waals surface area contributed by atoms with Crippen LogP contribution in [0.15, 0.2) is 150 Å². The Hall–Kier alpha value is -5.60. The smallest absolute Gasteiger partial charge is 0.142 e. The second kappa shape index (κ2) is 10.2. The molecule has 0 spiro atoms. The average Bonchev–Trinajstić information content (AvgIpc) is 3.66. The predicted octanol–water partition coefficient (Wildman–Crippen LogP) is 12.1. The zero-order chi connectivity index (χ0) is 29.9. The fraction of sp³-hybridized carbons (Fsp3) is 0.0698. The van der Waals surface area contributed by atoms with Crippen molar-refractivity contribution in [2.45, 2.75) is 19.3 Å². The van der Waals surface area contributed by atoms with E-state index in [1.165, 1.54) is 55.0 Å². The summed E-state index contributed by atoms with van der Waals surface area (Å²) in [5, 5.41) is 3.65. The van der Waals surface area contributed by atoms with Crippen LogP contribution in [0.5, 0.6) is 0 Å². The molecule has 6 aromatic carbocycles. The molecule has 0 saturated heterocycles. The molecule has 0 aliphatic heterocycles. The number of furan rings is 1. The van der Waals surface area contributed by atoms with Gasteiger partial charge < -0.3 is 8.98 Å². The van der Waals surface area contributed by atoms with Gasteiger partial charge in [-0.05, 0) is 65.1 Å². The molecule has 2 heteroatoms. The summed E-state index contributed by atoms with van der Waals surface area (Å²) in [6.45, 7) is 2.25. The lowest BCUT2D eigenvalue weighted by molar-refractivity contribution is 0.504. The number of fused-ring (bicyclic) bond motifs is 6. The molecule has 2 nitrogen and oxygen atoms in total. The molecule has 214 valence electrons. The minimum absolute atomic E-state index is 0.379. The normalized spacial score (nSPS) is 14.4. The van der Waals surface area contributed by atoms with Gasteiger partial charge in [-0.25, -0.2) is 0 Å². The van der Waals surface area contributed by atoms with E-state index in [1.807, 2.05) is 0 Å².